The first-order chi connectivity index (χ1) is 8.79. The van der Waals surface area contributed by atoms with E-state index in [1.807, 2.05) is 31.4 Å². The molecule has 0 unspecified atom stereocenters. The molecule has 2 rings (SSSR count). The van der Waals surface area contributed by atoms with Crippen LogP contribution >= 0.6 is 0 Å². The SMILES string of the molecule is CN(CC#N)c1cc(NCc2ccc[nH]2)ncn1. The quantitative estimate of drug-likeness (QED) is 0.774. The molecule has 2 heterocycles. The molecule has 0 atom stereocenters. The number of aromatic amines is 1. The van der Waals surface area contributed by atoms with Gasteiger partial charge in [-0.25, -0.2) is 9.97 Å². The summed E-state index contributed by atoms with van der Waals surface area (Å²) in [5.74, 6) is 1.46. The summed E-state index contributed by atoms with van der Waals surface area (Å²) >= 11 is 0. The van der Waals surface area contributed by atoms with Crippen LogP contribution in [0.15, 0.2) is 30.7 Å². The number of hydrogen-bond acceptors (Lipinski definition) is 5. The van der Waals surface area contributed by atoms with Gasteiger partial charge in [0.1, 0.15) is 24.5 Å². The van der Waals surface area contributed by atoms with E-state index in [1.165, 1.54) is 6.33 Å². The molecule has 0 bridgehead atoms. The number of rotatable bonds is 5. The van der Waals surface area contributed by atoms with Crippen molar-refractivity contribution in [3.05, 3.63) is 36.4 Å². The van der Waals surface area contributed by atoms with Crippen LogP contribution < -0.4 is 10.2 Å². The highest BCUT2D eigenvalue weighted by Gasteiger charge is 2.03. The molecule has 0 aliphatic rings. The summed E-state index contributed by atoms with van der Waals surface area (Å²) < 4.78 is 0. The summed E-state index contributed by atoms with van der Waals surface area (Å²) in [6.45, 7) is 0.971. The van der Waals surface area contributed by atoms with E-state index >= 15 is 0 Å². The third-order valence-corrected chi connectivity index (χ3v) is 2.47. The van der Waals surface area contributed by atoms with Gasteiger partial charge in [-0.3, -0.25) is 0 Å². The number of anilines is 2. The van der Waals surface area contributed by atoms with E-state index in [-0.39, 0.29) is 0 Å². The molecule has 18 heavy (non-hydrogen) atoms. The maximum Gasteiger partial charge on any atom is 0.134 e. The minimum atomic E-state index is 0.299. The lowest BCUT2D eigenvalue weighted by Crippen LogP contribution is -2.18. The van der Waals surface area contributed by atoms with Crippen LogP contribution in [0.5, 0.6) is 0 Å². The van der Waals surface area contributed by atoms with Gasteiger partial charge >= 0.3 is 0 Å². The van der Waals surface area contributed by atoms with Crippen LogP contribution in [-0.2, 0) is 6.54 Å². The summed E-state index contributed by atoms with van der Waals surface area (Å²) in [6, 6.07) is 7.84. The van der Waals surface area contributed by atoms with Gasteiger partial charge in [0.15, 0.2) is 0 Å². The van der Waals surface area contributed by atoms with E-state index in [4.69, 9.17) is 5.26 Å². The third kappa shape index (κ3) is 2.98. The summed E-state index contributed by atoms with van der Waals surface area (Å²) in [6.07, 6.45) is 3.36. The highest BCUT2D eigenvalue weighted by atomic mass is 15.2. The predicted octanol–water partition coefficient (Wildman–Crippen LogP) is 1.38. The fourth-order valence-electron chi connectivity index (χ4n) is 1.50. The van der Waals surface area contributed by atoms with Gasteiger partial charge in [0.2, 0.25) is 0 Å². The number of H-pyrrole nitrogens is 1. The van der Waals surface area contributed by atoms with E-state index in [2.05, 4.69) is 26.3 Å². The summed E-state index contributed by atoms with van der Waals surface area (Å²) in [4.78, 5) is 13.1. The largest absolute Gasteiger partial charge is 0.364 e. The van der Waals surface area contributed by atoms with Crippen molar-refractivity contribution in [3.63, 3.8) is 0 Å². The second-order valence-corrected chi connectivity index (χ2v) is 3.82. The van der Waals surface area contributed by atoms with E-state index < -0.39 is 0 Å². The Bertz CT molecular complexity index is 528. The second-order valence-electron chi connectivity index (χ2n) is 3.82. The second kappa shape index (κ2) is 5.68. The molecule has 0 fully saturated rings. The first-order valence-corrected chi connectivity index (χ1v) is 5.56. The first-order valence-electron chi connectivity index (χ1n) is 5.56. The minimum Gasteiger partial charge on any atom is -0.364 e. The van der Waals surface area contributed by atoms with E-state index in [0.717, 1.165) is 17.3 Å². The molecule has 0 aliphatic carbocycles. The highest BCUT2D eigenvalue weighted by molar-refractivity contribution is 5.48. The molecular formula is C12H14N6. The standard InChI is InChI=1S/C12H14N6/c1-18(6-4-13)12-7-11(16-9-17-12)15-8-10-3-2-5-14-10/h2-3,5,7,9,14H,6,8H2,1H3,(H,15,16,17). The van der Waals surface area contributed by atoms with Gasteiger partial charge in [0.05, 0.1) is 12.6 Å². The maximum absolute atomic E-state index is 8.64. The lowest BCUT2D eigenvalue weighted by atomic mass is 10.4. The molecule has 0 spiro atoms. The van der Waals surface area contributed by atoms with Gasteiger partial charge in [0.25, 0.3) is 0 Å². The van der Waals surface area contributed by atoms with Gasteiger partial charge < -0.3 is 15.2 Å². The monoisotopic (exact) mass is 242 g/mol. The first kappa shape index (κ1) is 11.9. The molecule has 0 aliphatic heterocycles. The van der Waals surface area contributed by atoms with Gasteiger partial charge in [-0.15, -0.1) is 0 Å². The van der Waals surface area contributed by atoms with E-state index in [9.17, 15) is 0 Å². The molecule has 0 saturated heterocycles. The number of nitrogens with one attached hydrogen (secondary N) is 2. The normalized spacial score (nSPS) is 9.78. The van der Waals surface area contributed by atoms with E-state index in [0.29, 0.717) is 13.1 Å². The number of nitrogens with zero attached hydrogens (tertiary/aromatic N) is 4. The Morgan fingerprint density at radius 2 is 2.39 bits per heavy atom. The van der Waals surface area contributed by atoms with Crippen LogP contribution in [0.2, 0.25) is 0 Å². The lowest BCUT2D eigenvalue weighted by Gasteiger charge is -2.14. The molecule has 2 aromatic rings. The van der Waals surface area contributed by atoms with Crippen molar-refractivity contribution in [2.45, 2.75) is 6.54 Å². The Morgan fingerprint density at radius 3 is 3.11 bits per heavy atom. The third-order valence-electron chi connectivity index (χ3n) is 2.47. The molecule has 0 saturated carbocycles. The van der Waals surface area contributed by atoms with Gasteiger partial charge in [-0.1, -0.05) is 0 Å². The minimum absolute atomic E-state index is 0.299. The van der Waals surface area contributed by atoms with Crippen LogP contribution in [0.25, 0.3) is 0 Å². The summed E-state index contributed by atoms with van der Waals surface area (Å²) in [5.41, 5.74) is 1.08. The zero-order valence-corrected chi connectivity index (χ0v) is 10.1. The van der Waals surface area contributed by atoms with Crippen LogP contribution in [0.3, 0.4) is 0 Å². The Labute approximate surface area is 105 Å². The number of hydrogen-bond donors (Lipinski definition) is 2. The van der Waals surface area contributed by atoms with Crippen molar-refractivity contribution in [3.8, 4) is 6.07 Å². The van der Waals surface area contributed by atoms with Gasteiger partial charge in [-0.05, 0) is 12.1 Å². The lowest BCUT2D eigenvalue weighted by molar-refractivity contribution is 0.971. The molecular weight excluding hydrogens is 228 g/mol. The van der Waals surface area contributed by atoms with Crippen LogP contribution in [-0.4, -0.2) is 28.5 Å². The van der Waals surface area contributed by atoms with Crippen molar-refractivity contribution in [2.75, 3.05) is 23.8 Å². The molecule has 2 aromatic heterocycles. The fraction of sp³-hybridized carbons (Fsp3) is 0.250. The Morgan fingerprint density at radius 1 is 1.50 bits per heavy atom. The molecule has 92 valence electrons. The average Bonchev–Trinajstić information content (AvgIpc) is 2.90. The zero-order chi connectivity index (χ0) is 12.8. The van der Waals surface area contributed by atoms with Crippen molar-refractivity contribution in [1.82, 2.24) is 15.0 Å². The molecule has 0 amide bonds. The van der Waals surface area contributed by atoms with Crippen molar-refractivity contribution >= 4 is 11.6 Å². The predicted molar refractivity (Wildman–Crippen MR) is 69.0 cm³/mol. The van der Waals surface area contributed by atoms with Crippen LogP contribution in [0.1, 0.15) is 5.69 Å². The Balaban J connectivity index is 2.01. The van der Waals surface area contributed by atoms with Crippen molar-refractivity contribution in [2.24, 2.45) is 0 Å². The van der Waals surface area contributed by atoms with Gasteiger partial charge in [-0.2, -0.15) is 5.26 Å². The van der Waals surface area contributed by atoms with E-state index in [1.54, 1.807) is 4.90 Å². The van der Waals surface area contributed by atoms with Crippen LogP contribution in [0, 0.1) is 11.3 Å². The topological polar surface area (TPSA) is 80.6 Å². The van der Waals surface area contributed by atoms with Crippen molar-refractivity contribution in [1.29, 1.82) is 5.26 Å². The molecule has 0 aromatic carbocycles. The highest BCUT2D eigenvalue weighted by Crippen LogP contribution is 2.12. The molecule has 2 N–H and O–H groups in total. The Kier molecular flexibility index (Phi) is 3.76. The molecule has 6 nitrogen and oxygen atoms in total. The summed E-state index contributed by atoms with van der Waals surface area (Å²) in [5, 5.41) is 11.8. The zero-order valence-electron chi connectivity index (χ0n) is 10.1. The smallest absolute Gasteiger partial charge is 0.134 e. The van der Waals surface area contributed by atoms with Crippen molar-refractivity contribution < 1.29 is 0 Å². The molecule has 6 heteroatoms. The number of aromatic nitrogens is 3. The maximum atomic E-state index is 8.64. The molecule has 0 radical (unpaired) electrons. The van der Waals surface area contributed by atoms with Gasteiger partial charge in [0, 0.05) is 25.0 Å². The number of nitriles is 1. The fourth-order valence-corrected chi connectivity index (χ4v) is 1.50. The van der Waals surface area contributed by atoms with Crippen LogP contribution in [0.4, 0.5) is 11.6 Å². The summed E-state index contributed by atoms with van der Waals surface area (Å²) in [7, 11) is 1.82. The average molecular weight is 242 g/mol. The Hall–Kier alpha value is -2.55.